The molecule has 6 nitrogen and oxygen atoms in total. The molecule has 0 aromatic carbocycles. The molecule has 0 aliphatic carbocycles. The lowest BCUT2D eigenvalue weighted by atomic mass is 9.87. The maximum absolute atomic E-state index is 12.7. The Kier molecular flexibility index (Phi) is 5.42. The smallest absolute Gasteiger partial charge is 0.328 e. The van der Waals surface area contributed by atoms with E-state index in [0.29, 0.717) is 32.2 Å². The molecule has 0 bridgehead atoms. The second kappa shape index (κ2) is 7.56. The Morgan fingerprint density at radius 1 is 1.48 bits per heavy atom. The average Bonchev–Trinajstić information content (AvgIpc) is 3.34. The van der Waals surface area contributed by atoms with Crippen LogP contribution in [0.15, 0.2) is 17.5 Å². The highest BCUT2D eigenvalue weighted by Gasteiger charge is 2.40. The highest BCUT2D eigenvalue weighted by molar-refractivity contribution is 7.09. The molecule has 1 aromatic rings. The van der Waals surface area contributed by atoms with Gasteiger partial charge in [0.05, 0.1) is 7.11 Å². The summed E-state index contributed by atoms with van der Waals surface area (Å²) in [5, 5.41) is 5.13. The van der Waals surface area contributed by atoms with Gasteiger partial charge in [-0.25, -0.2) is 4.79 Å². The van der Waals surface area contributed by atoms with Gasteiger partial charge >= 0.3 is 5.97 Å². The predicted molar refractivity (Wildman–Crippen MR) is 94.1 cm³/mol. The van der Waals surface area contributed by atoms with Crippen LogP contribution in [0.2, 0.25) is 0 Å². The molecule has 136 valence electrons. The fraction of sp³-hybridized carbons (Fsp3) is 0.611. The molecule has 2 saturated heterocycles. The van der Waals surface area contributed by atoms with Gasteiger partial charge in [0, 0.05) is 36.2 Å². The molecule has 2 aliphatic rings. The third-order valence-electron chi connectivity index (χ3n) is 5.19. The third-order valence-corrected chi connectivity index (χ3v) is 6.07. The second-order valence-electron chi connectivity index (χ2n) is 6.85. The normalized spacial score (nSPS) is 25.9. The number of methoxy groups -OCH3 is 1. The van der Waals surface area contributed by atoms with E-state index in [1.165, 1.54) is 12.0 Å². The maximum atomic E-state index is 12.7. The van der Waals surface area contributed by atoms with Crippen molar-refractivity contribution >= 4 is 29.1 Å². The first-order valence-corrected chi connectivity index (χ1v) is 9.62. The zero-order valence-electron chi connectivity index (χ0n) is 14.5. The Labute approximate surface area is 151 Å². The lowest BCUT2D eigenvalue weighted by Gasteiger charge is -2.30. The van der Waals surface area contributed by atoms with E-state index in [0.717, 1.165) is 19.3 Å². The van der Waals surface area contributed by atoms with E-state index in [1.807, 2.05) is 11.4 Å². The number of ether oxygens (including phenoxy) is 1. The summed E-state index contributed by atoms with van der Waals surface area (Å²) in [6, 6.07) is 3.61. The highest BCUT2D eigenvalue weighted by atomic mass is 32.1. The molecule has 3 heterocycles. The molecule has 2 atom stereocenters. The molecule has 2 amide bonds. The van der Waals surface area contributed by atoms with Crippen molar-refractivity contribution in [3.8, 4) is 0 Å². The molecule has 0 unspecified atom stereocenters. The number of carbonyl (C=O) groups is 3. The van der Waals surface area contributed by atoms with Crippen LogP contribution >= 0.6 is 11.3 Å². The predicted octanol–water partition coefficient (Wildman–Crippen LogP) is 1.88. The van der Waals surface area contributed by atoms with Crippen molar-refractivity contribution < 1.29 is 19.1 Å². The molecule has 1 N–H and O–H groups in total. The number of hydrogen-bond donors (Lipinski definition) is 1. The Morgan fingerprint density at radius 2 is 2.32 bits per heavy atom. The SMILES string of the molecule is COC(=O)[C@@H]1CCCN1C(=O)CC[C@@]1(Cc2cccs2)CCC(=O)N1. The van der Waals surface area contributed by atoms with E-state index in [-0.39, 0.29) is 23.3 Å². The van der Waals surface area contributed by atoms with E-state index in [9.17, 15) is 14.4 Å². The minimum atomic E-state index is -0.455. The van der Waals surface area contributed by atoms with Gasteiger partial charge in [-0.3, -0.25) is 9.59 Å². The number of esters is 1. The summed E-state index contributed by atoms with van der Waals surface area (Å²) in [6.45, 7) is 0.600. The molecule has 0 spiro atoms. The van der Waals surface area contributed by atoms with Crippen LogP contribution in [0.1, 0.15) is 43.4 Å². The van der Waals surface area contributed by atoms with Gasteiger partial charge in [-0.05, 0) is 37.1 Å². The van der Waals surface area contributed by atoms with Crippen LogP contribution in [0.3, 0.4) is 0 Å². The molecular formula is C18H24N2O4S. The van der Waals surface area contributed by atoms with Gasteiger partial charge in [0.25, 0.3) is 0 Å². The zero-order valence-corrected chi connectivity index (χ0v) is 15.3. The average molecular weight is 364 g/mol. The molecule has 0 saturated carbocycles. The van der Waals surface area contributed by atoms with Gasteiger partial charge < -0.3 is 15.0 Å². The molecule has 1 aromatic heterocycles. The summed E-state index contributed by atoms with van der Waals surface area (Å²) in [7, 11) is 1.35. The van der Waals surface area contributed by atoms with Gasteiger partial charge in [0.15, 0.2) is 0 Å². The number of rotatable bonds is 6. The largest absolute Gasteiger partial charge is 0.467 e. The minimum Gasteiger partial charge on any atom is -0.467 e. The van der Waals surface area contributed by atoms with Crippen LogP contribution < -0.4 is 5.32 Å². The summed E-state index contributed by atoms with van der Waals surface area (Å²) >= 11 is 1.67. The Bertz CT molecular complexity index is 646. The first-order valence-electron chi connectivity index (χ1n) is 8.74. The first-order chi connectivity index (χ1) is 12.0. The topological polar surface area (TPSA) is 75.7 Å². The number of carbonyl (C=O) groups excluding carboxylic acids is 3. The fourth-order valence-electron chi connectivity index (χ4n) is 3.86. The van der Waals surface area contributed by atoms with Crippen LogP contribution in [0.25, 0.3) is 0 Å². The zero-order chi connectivity index (χ0) is 17.9. The van der Waals surface area contributed by atoms with Gasteiger partial charge in [0.1, 0.15) is 6.04 Å². The number of thiophene rings is 1. The second-order valence-corrected chi connectivity index (χ2v) is 7.89. The van der Waals surface area contributed by atoms with Gasteiger partial charge in [-0.15, -0.1) is 11.3 Å². The van der Waals surface area contributed by atoms with Gasteiger partial charge in [-0.2, -0.15) is 0 Å². The molecule has 3 rings (SSSR count). The van der Waals surface area contributed by atoms with Crippen LogP contribution in [-0.4, -0.2) is 47.9 Å². The van der Waals surface area contributed by atoms with Crippen LogP contribution in [0.5, 0.6) is 0 Å². The molecule has 2 fully saturated rings. The van der Waals surface area contributed by atoms with Crippen LogP contribution in [0.4, 0.5) is 0 Å². The standard InChI is InChI=1S/C18H24N2O4S/c1-24-17(23)14-5-2-10-20(14)16(22)7-9-18(8-6-15(21)19-18)12-13-4-3-11-25-13/h3-4,11,14H,2,5-10,12H2,1H3,(H,19,21)/t14-,18+/m0/s1. The Morgan fingerprint density at radius 3 is 2.96 bits per heavy atom. The monoisotopic (exact) mass is 364 g/mol. The molecule has 25 heavy (non-hydrogen) atoms. The number of amides is 2. The van der Waals surface area contributed by atoms with Crippen molar-refractivity contribution in [2.75, 3.05) is 13.7 Å². The number of nitrogens with zero attached hydrogens (tertiary/aromatic N) is 1. The van der Waals surface area contributed by atoms with Crippen molar-refractivity contribution in [3.63, 3.8) is 0 Å². The quantitative estimate of drug-likeness (QED) is 0.782. The Balaban J connectivity index is 1.64. The number of likely N-dealkylation sites (tertiary alicyclic amines) is 1. The van der Waals surface area contributed by atoms with Gasteiger partial charge in [0.2, 0.25) is 11.8 Å². The molecular weight excluding hydrogens is 340 g/mol. The summed E-state index contributed by atoms with van der Waals surface area (Å²) in [5.41, 5.74) is -0.349. The van der Waals surface area contributed by atoms with E-state index in [2.05, 4.69) is 11.4 Å². The third kappa shape index (κ3) is 4.03. The number of hydrogen-bond acceptors (Lipinski definition) is 5. The van der Waals surface area contributed by atoms with E-state index in [1.54, 1.807) is 16.2 Å². The Hall–Kier alpha value is -1.89. The molecule has 2 aliphatic heterocycles. The van der Waals surface area contributed by atoms with Crippen molar-refractivity contribution in [1.82, 2.24) is 10.2 Å². The van der Waals surface area contributed by atoms with E-state index in [4.69, 9.17) is 4.74 Å². The van der Waals surface area contributed by atoms with Gasteiger partial charge in [-0.1, -0.05) is 6.07 Å². The summed E-state index contributed by atoms with van der Waals surface area (Å²) in [6.07, 6.45) is 4.42. The summed E-state index contributed by atoms with van der Waals surface area (Å²) in [4.78, 5) is 39.2. The van der Waals surface area contributed by atoms with E-state index >= 15 is 0 Å². The van der Waals surface area contributed by atoms with Crippen LogP contribution in [0, 0.1) is 0 Å². The van der Waals surface area contributed by atoms with Crippen molar-refractivity contribution in [2.45, 2.75) is 56.5 Å². The lowest BCUT2D eigenvalue weighted by molar-refractivity contribution is -0.151. The highest BCUT2D eigenvalue weighted by Crippen LogP contribution is 2.32. The van der Waals surface area contributed by atoms with Crippen LogP contribution in [-0.2, 0) is 25.5 Å². The lowest BCUT2D eigenvalue weighted by Crippen LogP contribution is -2.46. The number of nitrogens with one attached hydrogen (secondary N) is 1. The van der Waals surface area contributed by atoms with Crippen molar-refractivity contribution in [2.24, 2.45) is 0 Å². The molecule has 7 heteroatoms. The van der Waals surface area contributed by atoms with Crippen molar-refractivity contribution in [3.05, 3.63) is 22.4 Å². The summed E-state index contributed by atoms with van der Waals surface area (Å²) in [5.74, 6) is -0.314. The first kappa shape index (κ1) is 17.9. The molecule has 0 radical (unpaired) electrons. The van der Waals surface area contributed by atoms with Crippen molar-refractivity contribution in [1.29, 1.82) is 0 Å². The van der Waals surface area contributed by atoms with E-state index < -0.39 is 6.04 Å². The summed E-state index contributed by atoms with van der Waals surface area (Å²) < 4.78 is 4.81. The minimum absolute atomic E-state index is 0.0281. The fourth-order valence-corrected chi connectivity index (χ4v) is 4.71. The maximum Gasteiger partial charge on any atom is 0.328 e.